The van der Waals surface area contributed by atoms with Crippen LogP contribution in [0.5, 0.6) is 5.75 Å². The molecule has 0 aliphatic carbocycles. The van der Waals surface area contributed by atoms with Crippen LogP contribution >= 0.6 is 11.3 Å². The van der Waals surface area contributed by atoms with Gasteiger partial charge in [-0.25, -0.2) is 0 Å². The van der Waals surface area contributed by atoms with Gasteiger partial charge in [-0.15, -0.1) is 10.2 Å². The molecule has 0 unspecified atom stereocenters. The number of carbonyl (C=O) groups is 1. The van der Waals surface area contributed by atoms with E-state index in [-0.39, 0.29) is 5.91 Å². The quantitative estimate of drug-likeness (QED) is 0.729. The van der Waals surface area contributed by atoms with E-state index in [9.17, 15) is 4.79 Å². The second-order valence-corrected chi connectivity index (χ2v) is 6.09. The van der Waals surface area contributed by atoms with Crippen molar-refractivity contribution in [2.45, 2.75) is 13.3 Å². The van der Waals surface area contributed by atoms with Crippen molar-refractivity contribution in [3.05, 3.63) is 60.2 Å². The average molecular weight is 339 g/mol. The molecule has 0 saturated heterocycles. The van der Waals surface area contributed by atoms with Crippen LogP contribution in [0.2, 0.25) is 0 Å². The molecule has 0 radical (unpaired) electrons. The molecular formula is C18H17N3O2S. The Morgan fingerprint density at radius 1 is 1.12 bits per heavy atom. The van der Waals surface area contributed by atoms with Crippen molar-refractivity contribution in [3.63, 3.8) is 0 Å². The molecule has 0 aliphatic rings. The molecule has 1 heterocycles. The Morgan fingerprint density at radius 3 is 2.75 bits per heavy atom. The van der Waals surface area contributed by atoms with Crippen molar-refractivity contribution in [1.29, 1.82) is 0 Å². The minimum atomic E-state index is -0.229. The van der Waals surface area contributed by atoms with Crippen molar-refractivity contribution >= 4 is 22.4 Å². The molecule has 0 spiro atoms. The van der Waals surface area contributed by atoms with Crippen LogP contribution in [0, 0.1) is 0 Å². The first kappa shape index (κ1) is 16.1. The third kappa shape index (κ3) is 3.97. The maximum atomic E-state index is 12.4. The average Bonchev–Trinajstić information content (AvgIpc) is 3.09. The van der Waals surface area contributed by atoms with Crippen LogP contribution in [-0.2, 0) is 0 Å². The molecule has 0 saturated carbocycles. The molecular weight excluding hydrogens is 322 g/mol. The third-order valence-electron chi connectivity index (χ3n) is 3.24. The predicted octanol–water partition coefficient (Wildman–Crippen LogP) is 4.25. The molecule has 0 bridgehead atoms. The summed E-state index contributed by atoms with van der Waals surface area (Å²) in [7, 11) is 0. The van der Waals surface area contributed by atoms with E-state index in [2.05, 4.69) is 15.5 Å². The summed E-state index contributed by atoms with van der Waals surface area (Å²) in [5, 5.41) is 12.2. The topological polar surface area (TPSA) is 64.1 Å². The molecule has 1 aromatic heterocycles. The summed E-state index contributed by atoms with van der Waals surface area (Å²) in [5.74, 6) is 0.458. The van der Waals surface area contributed by atoms with Crippen LogP contribution in [0.4, 0.5) is 5.13 Å². The molecule has 3 rings (SSSR count). The number of nitrogens with one attached hydrogen (secondary N) is 1. The third-order valence-corrected chi connectivity index (χ3v) is 4.12. The second-order valence-electron chi connectivity index (χ2n) is 5.11. The van der Waals surface area contributed by atoms with Gasteiger partial charge in [0, 0.05) is 11.1 Å². The lowest BCUT2D eigenvalue weighted by atomic mass is 10.2. The number of carbonyl (C=O) groups excluding carboxylic acids is 1. The largest absolute Gasteiger partial charge is 0.494 e. The lowest BCUT2D eigenvalue weighted by Crippen LogP contribution is -2.11. The van der Waals surface area contributed by atoms with Gasteiger partial charge in [0.05, 0.1) is 6.61 Å². The van der Waals surface area contributed by atoms with Crippen LogP contribution in [0.25, 0.3) is 10.6 Å². The minimum absolute atomic E-state index is 0.229. The monoisotopic (exact) mass is 339 g/mol. The Hall–Kier alpha value is -2.73. The number of hydrogen-bond donors (Lipinski definition) is 1. The van der Waals surface area contributed by atoms with E-state index in [1.54, 1.807) is 18.2 Å². The van der Waals surface area contributed by atoms with Gasteiger partial charge in [-0.1, -0.05) is 54.7 Å². The molecule has 24 heavy (non-hydrogen) atoms. The van der Waals surface area contributed by atoms with Crippen LogP contribution in [0.15, 0.2) is 54.6 Å². The summed E-state index contributed by atoms with van der Waals surface area (Å²) in [4.78, 5) is 12.4. The maximum absolute atomic E-state index is 12.4. The molecule has 5 nitrogen and oxygen atoms in total. The summed E-state index contributed by atoms with van der Waals surface area (Å²) in [6.45, 7) is 2.66. The van der Waals surface area contributed by atoms with Crippen molar-refractivity contribution in [2.24, 2.45) is 0 Å². The van der Waals surface area contributed by atoms with Gasteiger partial charge in [0.25, 0.3) is 5.91 Å². The maximum Gasteiger partial charge on any atom is 0.257 e. The minimum Gasteiger partial charge on any atom is -0.494 e. The molecule has 2 aromatic carbocycles. The Morgan fingerprint density at radius 2 is 1.96 bits per heavy atom. The smallest absolute Gasteiger partial charge is 0.257 e. The van der Waals surface area contributed by atoms with E-state index >= 15 is 0 Å². The highest BCUT2D eigenvalue weighted by atomic mass is 32.1. The lowest BCUT2D eigenvalue weighted by Gasteiger charge is -2.06. The van der Waals surface area contributed by atoms with Gasteiger partial charge in [0.15, 0.2) is 0 Å². The molecule has 122 valence electrons. The summed E-state index contributed by atoms with van der Waals surface area (Å²) in [6.07, 6.45) is 0.920. The molecule has 0 aliphatic heterocycles. The number of anilines is 1. The van der Waals surface area contributed by atoms with E-state index in [1.165, 1.54) is 11.3 Å². The predicted molar refractivity (Wildman–Crippen MR) is 95.5 cm³/mol. The zero-order valence-corrected chi connectivity index (χ0v) is 14.0. The van der Waals surface area contributed by atoms with Gasteiger partial charge in [0.1, 0.15) is 10.8 Å². The van der Waals surface area contributed by atoms with Crippen LogP contribution in [0.1, 0.15) is 23.7 Å². The van der Waals surface area contributed by atoms with E-state index in [4.69, 9.17) is 4.74 Å². The molecule has 1 N–H and O–H groups in total. The van der Waals surface area contributed by atoms with E-state index < -0.39 is 0 Å². The van der Waals surface area contributed by atoms with Gasteiger partial charge < -0.3 is 4.74 Å². The zero-order valence-electron chi connectivity index (χ0n) is 13.2. The SMILES string of the molecule is CCCOc1cccc(C(=O)Nc2nnc(-c3ccccc3)s2)c1. The highest BCUT2D eigenvalue weighted by Gasteiger charge is 2.12. The van der Waals surface area contributed by atoms with Crippen LogP contribution < -0.4 is 10.1 Å². The van der Waals surface area contributed by atoms with Crippen molar-refractivity contribution in [3.8, 4) is 16.3 Å². The highest BCUT2D eigenvalue weighted by molar-refractivity contribution is 7.18. The Kier molecular flexibility index (Phi) is 5.18. The van der Waals surface area contributed by atoms with Gasteiger partial charge in [-0.05, 0) is 24.6 Å². The van der Waals surface area contributed by atoms with Gasteiger partial charge in [0.2, 0.25) is 5.13 Å². The summed E-state index contributed by atoms with van der Waals surface area (Å²) >= 11 is 1.34. The number of nitrogens with zero attached hydrogens (tertiary/aromatic N) is 2. The molecule has 6 heteroatoms. The summed E-state index contributed by atoms with van der Waals surface area (Å²) in [5.41, 5.74) is 1.51. The van der Waals surface area contributed by atoms with E-state index in [1.807, 2.05) is 43.3 Å². The standard InChI is InChI=1S/C18H17N3O2S/c1-2-11-23-15-10-6-9-14(12-15)16(22)19-18-21-20-17(24-18)13-7-4-3-5-8-13/h3-10,12H,2,11H2,1H3,(H,19,21,22). The fraction of sp³-hybridized carbons (Fsp3) is 0.167. The van der Waals surface area contributed by atoms with Gasteiger partial charge >= 0.3 is 0 Å². The van der Waals surface area contributed by atoms with E-state index in [0.29, 0.717) is 23.1 Å². The molecule has 1 amide bonds. The zero-order chi connectivity index (χ0) is 16.8. The Balaban J connectivity index is 1.70. The first-order valence-corrected chi connectivity index (χ1v) is 8.51. The Bertz CT molecular complexity index is 818. The van der Waals surface area contributed by atoms with Gasteiger partial charge in [-0.2, -0.15) is 0 Å². The second kappa shape index (κ2) is 7.70. The van der Waals surface area contributed by atoms with Crippen molar-refractivity contribution in [2.75, 3.05) is 11.9 Å². The molecule has 0 atom stereocenters. The number of rotatable bonds is 6. The number of hydrogen-bond acceptors (Lipinski definition) is 5. The normalized spacial score (nSPS) is 10.4. The first-order valence-electron chi connectivity index (χ1n) is 7.69. The van der Waals surface area contributed by atoms with Crippen molar-refractivity contribution < 1.29 is 9.53 Å². The first-order chi connectivity index (χ1) is 11.8. The van der Waals surface area contributed by atoms with Crippen LogP contribution in [0.3, 0.4) is 0 Å². The number of aromatic nitrogens is 2. The molecule has 3 aromatic rings. The Labute approximate surface area is 144 Å². The van der Waals surface area contributed by atoms with Crippen molar-refractivity contribution in [1.82, 2.24) is 10.2 Å². The number of ether oxygens (including phenoxy) is 1. The fourth-order valence-corrected chi connectivity index (χ4v) is 2.83. The van der Waals surface area contributed by atoms with Gasteiger partial charge in [-0.3, -0.25) is 10.1 Å². The fourth-order valence-electron chi connectivity index (χ4n) is 2.09. The number of benzene rings is 2. The lowest BCUT2D eigenvalue weighted by molar-refractivity contribution is 0.102. The molecule has 0 fully saturated rings. The number of amides is 1. The summed E-state index contributed by atoms with van der Waals surface area (Å²) in [6, 6.07) is 16.9. The van der Waals surface area contributed by atoms with Crippen LogP contribution in [-0.4, -0.2) is 22.7 Å². The van der Waals surface area contributed by atoms with E-state index in [0.717, 1.165) is 17.0 Å². The highest BCUT2D eigenvalue weighted by Crippen LogP contribution is 2.26. The summed E-state index contributed by atoms with van der Waals surface area (Å²) < 4.78 is 5.55.